The van der Waals surface area contributed by atoms with Gasteiger partial charge in [0.25, 0.3) is 0 Å². The highest BCUT2D eigenvalue weighted by Crippen LogP contribution is 2.17. The Morgan fingerprint density at radius 2 is 1.65 bits per heavy atom. The number of β-amino-alcohol motifs (C(OH)–C–C–N with tert-alkyl or cyclic N) is 2. The van der Waals surface area contributed by atoms with Crippen molar-refractivity contribution in [2.45, 2.75) is 18.8 Å². The standard InChI is InChI=1S/C20H28N4O6S/c25-18(26)11-22-5-6-23(12-19(27)28)10-17(24(8-7-22)13-20(29)30)9-15-1-3-16(4-2-15)21-14-31/h1-4,17,19,27-28H,5-13H2,(H,25,26)(H,29,30). The lowest BCUT2D eigenvalue weighted by molar-refractivity contribution is -0.140. The summed E-state index contributed by atoms with van der Waals surface area (Å²) >= 11 is 4.61. The van der Waals surface area contributed by atoms with E-state index in [1.807, 2.05) is 21.9 Å². The highest BCUT2D eigenvalue weighted by molar-refractivity contribution is 7.78. The van der Waals surface area contributed by atoms with E-state index in [1.54, 1.807) is 17.0 Å². The summed E-state index contributed by atoms with van der Waals surface area (Å²) in [6, 6.07) is 7.15. The van der Waals surface area contributed by atoms with E-state index in [4.69, 9.17) is 5.11 Å². The van der Waals surface area contributed by atoms with Crippen molar-refractivity contribution >= 4 is 35.0 Å². The van der Waals surface area contributed by atoms with E-state index < -0.39 is 18.2 Å². The van der Waals surface area contributed by atoms with Crippen LogP contribution in [-0.2, 0) is 16.0 Å². The number of benzene rings is 1. The molecule has 1 aliphatic heterocycles. The van der Waals surface area contributed by atoms with Gasteiger partial charge in [-0.2, -0.15) is 4.99 Å². The van der Waals surface area contributed by atoms with Gasteiger partial charge in [0, 0.05) is 45.3 Å². The van der Waals surface area contributed by atoms with Crippen molar-refractivity contribution in [3.8, 4) is 0 Å². The molecule has 1 atom stereocenters. The van der Waals surface area contributed by atoms with Crippen molar-refractivity contribution < 1.29 is 30.0 Å². The maximum Gasteiger partial charge on any atom is 0.317 e. The number of aliphatic hydroxyl groups is 2. The van der Waals surface area contributed by atoms with Crippen molar-refractivity contribution in [3.63, 3.8) is 0 Å². The number of carboxylic acids is 2. The number of hydrogen-bond donors (Lipinski definition) is 4. The van der Waals surface area contributed by atoms with Gasteiger partial charge in [-0.15, -0.1) is 0 Å². The van der Waals surface area contributed by atoms with Gasteiger partial charge in [-0.1, -0.05) is 12.1 Å². The maximum absolute atomic E-state index is 11.5. The molecule has 0 amide bonds. The molecule has 0 saturated carbocycles. The number of carbonyl (C=O) groups is 2. The zero-order chi connectivity index (χ0) is 22.8. The first kappa shape index (κ1) is 25.0. The predicted molar refractivity (Wildman–Crippen MR) is 117 cm³/mol. The molecule has 1 aliphatic rings. The molecule has 31 heavy (non-hydrogen) atoms. The van der Waals surface area contributed by atoms with Gasteiger partial charge in [-0.25, -0.2) is 0 Å². The van der Waals surface area contributed by atoms with Crippen LogP contribution in [0.4, 0.5) is 5.69 Å². The first-order valence-electron chi connectivity index (χ1n) is 9.92. The molecule has 2 rings (SSSR count). The summed E-state index contributed by atoms with van der Waals surface area (Å²) in [6.45, 7) is 1.67. The fourth-order valence-corrected chi connectivity index (χ4v) is 3.81. The number of aliphatic carboxylic acids is 2. The lowest BCUT2D eigenvalue weighted by Gasteiger charge is -2.34. The average molecular weight is 453 g/mol. The predicted octanol–water partition coefficient (Wildman–Crippen LogP) is -0.268. The number of nitrogens with zero attached hydrogens (tertiary/aromatic N) is 4. The molecule has 0 aromatic heterocycles. The molecule has 0 aliphatic carbocycles. The SMILES string of the molecule is O=C(O)CN1CCN(CC(O)O)CC(Cc2ccc(N=C=S)cc2)N(CC(=O)O)CC1. The Bertz CT molecular complexity index is 784. The molecule has 1 unspecified atom stereocenters. The van der Waals surface area contributed by atoms with Gasteiger partial charge in [-0.05, 0) is 36.3 Å². The van der Waals surface area contributed by atoms with Gasteiger partial charge >= 0.3 is 11.9 Å². The fraction of sp³-hybridized carbons (Fsp3) is 0.550. The Morgan fingerprint density at radius 1 is 1.03 bits per heavy atom. The minimum absolute atomic E-state index is 0.0133. The zero-order valence-electron chi connectivity index (χ0n) is 17.1. The Hall–Kier alpha value is -2.24. The van der Waals surface area contributed by atoms with E-state index in [1.165, 1.54) is 0 Å². The van der Waals surface area contributed by atoms with E-state index >= 15 is 0 Å². The number of carboxylic acid groups (broad SMARTS) is 2. The van der Waals surface area contributed by atoms with E-state index in [2.05, 4.69) is 22.4 Å². The van der Waals surface area contributed by atoms with Gasteiger partial charge in [0.15, 0.2) is 6.29 Å². The third-order valence-corrected chi connectivity index (χ3v) is 5.21. The molecule has 0 bridgehead atoms. The van der Waals surface area contributed by atoms with Crippen LogP contribution in [-0.4, -0.2) is 117 Å². The summed E-state index contributed by atoms with van der Waals surface area (Å²) < 4.78 is 0. The maximum atomic E-state index is 11.5. The number of aliphatic imine (C=N–C) groups is 1. The summed E-state index contributed by atoms with van der Waals surface area (Å²) in [4.78, 5) is 32.0. The largest absolute Gasteiger partial charge is 0.480 e. The van der Waals surface area contributed by atoms with E-state index in [0.717, 1.165) is 5.56 Å². The van der Waals surface area contributed by atoms with Gasteiger partial charge in [-0.3, -0.25) is 24.3 Å². The van der Waals surface area contributed by atoms with Gasteiger partial charge in [0.1, 0.15) is 0 Å². The fourth-order valence-electron chi connectivity index (χ4n) is 3.70. The molecular weight excluding hydrogens is 424 g/mol. The van der Waals surface area contributed by atoms with Crippen LogP contribution in [0.3, 0.4) is 0 Å². The third-order valence-electron chi connectivity index (χ3n) is 5.12. The quantitative estimate of drug-likeness (QED) is 0.225. The Morgan fingerprint density at radius 3 is 2.23 bits per heavy atom. The molecule has 11 heteroatoms. The average Bonchev–Trinajstić information content (AvgIpc) is 2.74. The monoisotopic (exact) mass is 452 g/mol. The number of isothiocyanates is 1. The highest BCUT2D eigenvalue weighted by atomic mass is 32.1. The van der Waals surface area contributed by atoms with Crippen LogP contribution in [0.25, 0.3) is 0 Å². The van der Waals surface area contributed by atoms with Crippen LogP contribution >= 0.6 is 12.2 Å². The summed E-state index contributed by atoms with van der Waals surface area (Å²) in [5.74, 6) is -1.94. The summed E-state index contributed by atoms with van der Waals surface area (Å²) in [5, 5.41) is 39.9. The van der Waals surface area contributed by atoms with Crippen LogP contribution in [0.2, 0.25) is 0 Å². The normalized spacial score (nSPS) is 19.3. The molecule has 1 aromatic rings. The van der Waals surface area contributed by atoms with Crippen LogP contribution in [0, 0.1) is 0 Å². The molecule has 1 fully saturated rings. The van der Waals surface area contributed by atoms with Gasteiger partial charge in [0.05, 0.1) is 23.9 Å². The van der Waals surface area contributed by atoms with Crippen LogP contribution < -0.4 is 0 Å². The number of rotatable bonds is 9. The molecule has 0 spiro atoms. The first-order chi connectivity index (χ1) is 14.8. The van der Waals surface area contributed by atoms with Crippen molar-refractivity contribution in [3.05, 3.63) is 29.8 Å². The van der Waals surface area contributed by atoms with Crippen molar-refractivity contribution in [2.75, 3.05) is 52.4 Å². The second-order valence-corrected chi connectivity index (χ2v) is 7.68. The summed E-state index contributed by atoms with van der Waals surface area (Å²) in [7, 11) is 0. The lowest BCUT2D eigenvalue weighted by atomic mass is 10.0. The molecule has 4 N–H and O–H groups in total. The zero-order valence-corrected chi connectivity index (χ0v) is 17.9. The minimum atomic E-state index is -1.55. The molecular formula is C20H28N4O6S. The number of thiocarbonyl (C=S) groups is 1. The van der Waals surface area contributed by atoms with Gasteiger partial charge in [0.2, 0.25) is 0 Å². The number of hydrogen-bond acceptors (Lipinski definition) is 9. The third kappa shape index (κ3) is 9.19. The van der Waals surface area contributed by atoms with Crippen molar-refractivity contribution in [2.24, 2.45) is 4.99 Å². The van der Waals surface area contributed by atoms with Crippen LogP contribution in [0.1, 0.15) is 5.56 Å². The second-order valence-electron chi connectivity index (χ2n) is 7.50. The molecule has 1 aromatic carbocycles. The second kappa shape index (κ2) is 12.6. The highest BCUT2D eigenvalue weighted by Gasteiger charge is 2.27. The summed E-state index contributed by atoms with van der Waals surface area (Å²) in [5.41, 5.74) is 1.64. The Labute approximate surface area is 186 Å². The molecule has 0 radical (unpaired) electrons. The topological polar surface area (TPSA) is 137 Å². The van der Waals surface area contributed by atoms with E-state index in [9.17, 15) is 24.9 Å². The summed E-state index contributed by atoms with van der Waals surface area (Å²) in [6.07, 6.45) is -1.01. The van der Waals surface area contributed by atoms with Crippen LogP contribution in [0.15, 0.2) is 29.3 Å². The Kier molecular flexibility index (Phi) is 10.2. The molecule has 170 valence electrons. The molecule has 10 nitrogen and oxygen atoms in total. The van der Waals surface area contributed by atoms with E-state index in [0.29, 0.717) is 44.8 Å². The lowest BCUT2D eigenvalue weighted by Crippen LogP contribution is -2.49. The smallest absolute Gasteiger partial charge is 0.317 e. The minimum Gasteiger partial charge on any atom is -0.480 e. The van der Waals surface area contributed by atoms with E-state index in [-0.39, 0.29) is 25.7 Å². The van der Waals surface area contributed by atoms with Crippen molar-refractivity contribution in [1.82, 2.24) is 14.7 Å². The number of aliphatic hydroxyl groups excluding tert-OH is 1. The van der Waals surface area contributed by atoms with Crippen LogP contribution in [0.5, 0.6) is 0 Å². The first-order valence-corrected chi connectivity index (χ1v) is 10.3. The molecule has 1 saturated heterocycles. The molecule has 1 heterocycles. The van der Waals surface area contributed by atoms with Crippen molar-refractivity contribution in [1.29, 1.82) is 0 Å². The Balaban J connectivity index is 2.27. The van der Waals surface area contributed by atoms with Gasteiger partial charge < -0.3 is 20.4 Å².